The SMILES string of the molecule is CNC(=O)c1ccc(OC)c(COc2cccc3ccccc23)c1. The molecule has 3 aromatic rings. The van der Waals surface area contributed by atoms with Gasteiger partial charge in [-0.1, -0.05) is 36.4 Å². The highest BCUT2D eigenvalue weighted by atomic mass is 16.5. The predicted molar refractivity (Wildman–Crippen MR) is 94.7 cm³/mol. The van der Waals surface area contributed by atoms with E-state index in [0.29, 0.717) is 17.9 Å². The quantitative estimate of drug-likeness (QED) is 0.778. The molecule has 1 amide bonds. The van der Waals surface area contributed by atoms with E-state index in [-0.39, 0.29) is 5.91 Å². The lowest BCUT2D eigenvalue weighted by Gasteiger charge is -2.13. The lowest BCUT2D eigenvalue weighted by atomic mass is 10.1. The molecule has 0 saturated carbocycles. The molecule has 0 atom stereocenters. The topological polar surface area (TPSA) is 47.6 Å². The maximum absolute atomic E-state index is 11.8. The second-order valence-corrected chi connectivity index (χ2v) is 5.37. The van der Waals surface area contributed by atoms with Gasteiger partial charge in [-0.15, -0.1) is 0 Å². The maximum atomic E-state index is 11.8. The van der Waals surface area contributed by atoms with Crippen molar-refractivity contribution in [3.63, 3.8) is 0 Å². The molecular weight excluding hydrogens is 302 g/mol. The molecule has 0 aliphatic rings. The third kappa shape index (κ3) is 3.18. The van der Waals surface area contributed by atoms with E-state index in [2.05, 4.69) is 17.4 Å². The summed E-state index contributed by atoms with van der Waals surface area (Å²) in [5, 5.41) is 4.81. The molecule has 0 aliphatic heterocycles. The number of hydrogen-bond acceptors (Lipinski definition) is 3. The number of fused-ring (bicyclic) bond motifs is 1. The summed E-state index contributed by atoms with van der Waals surface area (Å²) >= 11 is 0. The molecule has 4 nitrogen and oxygen atoms in total. The van der Waals surface area contributed by atoms with Gasteiger partial charge in [0, 0.05) is 23.6 Å². The van der Waals surface area contributed by atoms with Crippen LogP contribution in [0.5, 0.6) is 11.5 Å². The number of ether oxygens (including phenoxy) is 2. The van der Waals surface area contributed by atoms with E-state index in [0.717, 1.165) is 22.1 Å². The number of amides is 1. The Morgan fingerprint density at radius 1 is 1.00 bits per heavy atom. The van der Waals surface area contributed by atoms with E-state index >= 15 is 0 Å². The minimum Gasteiger partial charge on any atom is -0.496 e. The van der Waals surface area contributed by atoms with Crippen LogP contribution in [0.3, 0.4) is 0 Å². The van der Waals surface area contributed by atoms with E-state index in [1.54, 1.807) is 32.4 Å². The van der Waals surface area contributed by atoms with Crippen molar-refractivity contribution >= 4 is 16.7 Å². The van der Waals surface area contributed by atoms with Gasteiger partial charge in [0.15, 0.2) is 0 Å². The van der Waals surface area contributed by atoms with Gasteiger partial charge in [-0.2, -0.15) is 0 Å². The zero-order valence-electron chi connectivity index (χ0n) is 13.7. The summed E-state index contributed by atoms with van der Waals surface area (Å²) in [4.78, 5) is 11.8. The van der Waals surface area contributed by atoms with Crippen LogP contribution in [-0.2, 0) is 6.61 Å². The second-order valence-electron chi connectivity index (χ2n) is 5.37. The minimum absolute atomic E-state index is 0.135. The summed E-state index contributed by atoms with van der Waals surface area (Å²) in [5.74, 6) is 1.37. The van der Waals surface area contributed by atoms with Crippen LogP contribution in [0, 0.1) is 0 Å². The Morgan fingerprint density at radius 3 is 2.58 bits per heavy atom. The number of hydrogen-bond donors (Lipinski definition) is 1. The first-order valence-corrected chi connectivity index (χ1v) is 7.72. The van der Waals surface area contributed by atoms with Crippen molar-refractivity contribution in [3.05, 3.63) is 71.8 Å². The number of benzene rings is 3. The lowest BCUT2D eigenvalue weighted by Crippen LogP contribution is -2.18. The Balaban J connectivity index is 1.89. The summed E-state index contributed by atoms with van der Waals surface area (Å²) < 4.78 is 11.4. The van der Waals surface area contributed by atoms with Gasteiger partial charge in [-0.25, -0.2) is 0 Å². The third-order valence-corrected chi connectivity index (χ3v) is 3.90. The molecule has 0 spiro atoms. The van der Waals surface area contributed by atoms with Gasteiger partial charge < -0.3 is 14.8 Å². The van der Waals surface area contributed by atoms with Crippen molar-refractivity contribution in [2.75, 3.05) is 14.2 Å². The average Bonchev–Trinajstić information content (AvgIpc) is 2.65. The first-order chi connectivity index (χ1) is 11.7. The number of nitrogens with one attached hydrogen (secondary N) is 1. The van der Waals surface area contributed by atoms with Crippen molar-refractivity contribution in [1.82, 2.24) is 5.32 Å². The van der Waals surface area contributed by atoms with Gasteiger partial charge in [-0.3, -0.25) is 4.79 Å². The Bertz CT molecular complexity index is 868. The van der Waals surface area contributed by atoms with E-state index in [1.807, 2.05) is 30.3 Å². The molecule has 122 valence electrons. The van der Waals surface area contributed by atoms with Crippen molar-refractivity contribution in [2.45, 2.75) is 6.61 Å². The average molecular weight is 321 g/mol. The molecule has 0 aliphatic carbocycles. The van der Waals surface area contributed by atoms with Gasteiger partial charge in [-0.05, 0) is 29.7 Å². The molecule has 0 saturated heterocycles. The largest absolute Gasteiger partial charge is 0.496 e. The maximum Gasteiger partial charge on any atom is 0.251 e. The molecule has 1 N–H and O–H groups in total. The molecule has 0 heterocycles. The highest BCUT2D eigenvalue weighted by Gasteiger charge is 2.10. The van der Waals surface area contributed by atoms with Crippen molar-refractivity contribution in [3.8, 4) is 11.5 Å². The molecule has 0 unspecified atom stereocenters. The monoisotopic (exact) mass is 321 g/mol. The first-order valence-electron chi connectivity index (χ1n) is 7.72. The number of rotatable bonds is 5. The van der Waals surface area contributed by atoms with E-state index in [1.165, 1.54) is 0 Å². The Kier molecular flexibility index (Phi) is 4.66. The van der Waals surface area contributed by atoms with Crippen LogP contribution in [0.25, 0.3) is 10.8 Å². The van der Waals surface area contributed by atoms with Crippen LogP contribution in [-0.4, -0.2) is 20.1 Å². The van der Waals surface area contributed by atoms with Crippen molar-refractivity contribution in [2.24, 2.45) is 0 Å². The fourth-order valence-electron chi connectivity index (χ4n) is 2.65. The lowest BCUT2D eigenvalue weighted by molar-refractivity contribution is 0.0963. The fraction of sp³-hybridized carbons (Fsp3) is 0.150. The fourth-order valence-corrected chi connectivity index (χ4v) is 2.65. The first kappa shape index (κ1) is 15.9. The van der Waals surface area contributed by atoms with Gasteiger partial charge in [0.25, 0.3) is 5.91 Å². The standard InChI is InChI=1S/C20H19NO3/c1-21-20(22)15-10-11-18(23-2)16(12-15)13-24-19-9-5-7-14-6-3-4-8-17(14)19/h3-12H,13H2,1-2H3,(H,21,22). The van der Waals surface area contributed by atoms with Crippen molar-refractivity contribution in [1.29, 1.82) is 0 Å². The van der Waals surface area contributed by atoms with Crippen LogP contribution in [0.2, 0.25) is 0 Å². The molecular formula is C20H19NO3. The minimum atomic E-state index is -0.135. The van der Waals surface area contributed by atoms with E-state index in [9.17, 15) is 4.79 Å². The molecule has 3 aromatic carbocycles. The molecule has 3 rings (SSSR count). The molecule has 0 aromatic heterocycles. The van der Waals surface area contributed by atoms with Crippen LogP contribution >= 0.6 is 0 Å². The zero-order chi connectivity index (χ0) is 16.9. The number of carbonyl (C=O) groups is 1. The zero-order valence-corrected chi connectivity index (χ0v) is 13.7. The van der Waals surface area contributed by atoms with Crippen LogP contribution in [0.4, 0.5) is 0 Å². The number of carbonyl (C=O) groups excluding carboxylic acids is 1. The Hall–Kier alpha value is -3.01. The highest BCUT2D eigenvalue weighted by Crippen LogP contribution is 2.27. The van der Waals surface area contributed by atoms with E-state index < -0.39 is 0 Å². The van der Waals surface area contributed by atoms with Gasteiger partial charge in [0.2, 0.25) is 0 Å². The van der Waals surface area contributed by atoms with Crippen LogP contribution in [0.15, 0.2) is 60.7 Å². The third-order valence-electron chi connectivity index (χ3n) is 3.90. The highest BCUT2D eigenvalue weighted by molar-refractivity contribution is 5.94. The number of methoxy groups -OCH3 is 1. The molecule has 24 heavy (non-hydrogen) atoms. The van der Waals surface area contributed by atoms with Gasteiger partial charge in [0.1, 0.15) is 18.1 Å². The summed E-state index contributed by atoms with van der Waals surface area (Å²) in [5.41, 5.74) is 1.40. The van der Waals surface area contributed by atoms with Crippen LogP contribution in [0.1, 0.15) is 15.9 Å². The smallest absolute Gasteiger partial charge is 0.251 e. The van der Waals surface area contributed by atoms with Gasteiger partial charge in [0.05, 0.1) is 7.11 Å². The molecule has 0 fully saturated rings. The van der Waals surface area contributed by atoms with Gasteiger partial charge >= 0.3 is 0 Å². The Morgan fingerprint density at radius 2 is 1.79 bits per heavy atom. The summed E-state index contributed by atoms with van der Waals surface area (Å²) in [6.07, 6.45) is 0. The molecule has 0 bridgehead atoms. The summed E-state index contributed by atoms with van der Waals surface area (Å²) in [7, 11) is 3.22. The second kappa shape index (κ2) is 7.04. The molecule has 4 heteroatoms. The van der Waals surface area contributed by atoms with Crippen LogP contribution < -0.4 is 14.8 Å². The summed E-state index contributed by atoms with van der Waals surface area (Å²) in [6.45, 7) is 0.321. The van der Waals surface area contributed by atoms with Crippen molar-refractivity contribution < 1.29 is 14.3 Å². The molecule has 0 radical (unpaired) electrons. The normalized spacial score (nSPS) is 10.4. The Labute approximate surface area is 141 Å². The van der Waals surface area contributed by atoms with E-state index in [4.69, 9.17) is 9.47 Å². The predicted octanol–water partition coefficient (Wildman–Crippen LogP) is 3.79. The summed E-state index contributed by atoms with van der Waals surface area (Å²) in [6, 6.07) is 19.3.